The molecule has 3 saturated heterocycles. The summed E-state index contributed by atoms with van der Waals surface area (Å²) in [5.41, 5.74) is 3.39. The average Bonchev–Trinajstić information content (AvgIpc) is 1.63. The zero-order valence-electron chi connectivity index (χ0n) is 81.3. The van der Waals surface area contributed by atoms with E-state index in [4.69, 9.17) is 61.6 Å². The van der Waals surface area contributed by atoms with Crippen LogP contribution in [-0.4, -0.2) is 237 Å². The minimum Gasteiger partial charge on any atom is -0.463 e. The van der Waals surface area contributed by atoms with Gasteiger partial charge in [-0.1, -0.05) is 148 Å². The van der Waals surface area contributed by atoms with Crippen molar-refractivity contribution in [1.29, 1.82) is 0 Å². The predicted molar refractivity (Wildman–Crippen MR) is 492 cm³/mol. The molecule has 7 amide bonds. The number of rotatable bonds is 58. The van der Waals surface area contributed by atoms with Crippen molar-refractivity contribution in [1.82, 2.24) is 36.8 Å². The Labute approximate surface area is 779 Å². The number of nitrogens with one attached hydrogen (secondary N) is 6. The van der Waals surface area contributed by atoms with Crippen LogP contribution in [0.1, 0.15) is 282 Å². The second-order valence-corrected chi connectivity index (χ2v) is 39.1. The summed E-state index contributed by atoms with van der Waals surface area (Å²) in [5.74, 6) is -0.300. The fourth-order valence-corrected chi connectivity index (χ4v) is 21.6. The van der Waals surface area contributed by atoms with E-state index in [1.807, 2.05) is 30.3 Å². The van der Waals surface area contributed by atoms with Gasteiger partial charge in [0.05, 0.1) is 50.7 Å². The highest BCUT2D eigenvalue weighted by atomic mass is 16.7. The number of carbonyl (C=O) groups is 11. The maximum atomic E-state index is 14.1. The van der Waals surface area contributed by atoms with Gasteiger partial charge in [0.25, 0.3) is 0 Å². The Kier molecular flexibility index (Phi) is 47.8. The number of hydrogen-bond donors (Lipinski definition) is 6. The number of carbonyl (C=O) groups excluding carboxylic acids is 11. The minimum atomic E-state index is -0.953. The fourth-order valence-electron chi connectivity index (χ4n) is 21.6. The first-order valence-corrected chi connectivity index (χ1v) is 49.7. The molecular formula is C100H163N7O24. The number of nitrogens with zero attached hydrogens (tertiary/aromatic N) is 1. The van der Waals surface area contributed by atoms with Gasteiger partial charge in [-0.25, -0.2) is 4.79 Å². The molecule has 0 bridgehead atoms. The molecule has 21 atom stereocenters. The summed E-state index contributed by atoms with van der Waals surface area (Å²) in [6.07, 6.45) is 23.5. The van der Waals surface area contributed by atoms with Crippen LogP contribution in [0, 0.1) is 70.0 Å². The maximum Gasteiger partial charge on any atom is 0.410 e. The Morgan fingerprint density at radius 1 is 0.466 bits per heavy atom. The Hall–Kier alpha value is -7.39. The third-order valence-electron chi connectivity index (χ3n) is 28.4. The molecular weight excluding hydrogens is 1680 g/mol. The molecule has 0 radical (unpaired) electrons. The summed E-state index contributed by atoms with van der Waals surface area (Å²) in [7, 11) is 0. The number of likely N-dealkylation sites (tertiary alicyclic amines) is 1. The third-order valence-corrected chi connectivity index (χ3v) is 28.4. The number of fused-ring (bicyclic) bond motifs is 5. The summed E-state index contributed by atoms with van der Waals surface area (Å²) >= 11 is 0. The summed E-state index contributed by atoms with van der Waals surface area (Å²) in [6.45, 7) is 27.6. The Bertz CT molecular complexity index is 3700. The predicted octanol–water partition coefficient (Wildman–Crippen LogP) is 13.0. The summed E-state index contributed by atoms with van der Waals surface area (Å²) in [5, 5.41) is 17.3. The van der Waals surface area contributed by atoms with E-state index in [1.54, 1.807) is 24.3 Å². The van der Waals surface area contributed by atoms with Gasteiger partial charge in [-0.2, -0.15) is 0 Å². The number of ether oxygens (including phenoxy) is 13. The molecule has 1 aromatic rings. The van der Waals surface area contributed by atoms with Gasteiger partial charge in [-0.3, -0.25) is 47.9 Å². The van der Waals surface area contributed by atoms with Gasteiger partial charge in [-0.05, 0) is 155 Å². The molecule has 6 fully saturated rings. The lowest BCUT2D eigenvalue weighted by atomic mass is 9.46. The smallest absolute Gasteiger partial charge is 0.410 e. The van der Waals surface area contributed by atoms with Gasteiger partial charge >= 0.3 is 30.0 Å². The molecule has 742 valence electrons. The SMILES string of the molecule is CC(=O)NC1C(OCCCCC(=O)NCCCNC(=O)CCOCC2CN(C(=O)OCc3ccccc3)CC(COCCCCCCCCCCO[C@@H]3C=C4CC[C@H]5[C@@H]6CC[C@H]([C@H](C)CCCC(C)C)[C@@]6(C)CC[C@@H]5[C@@]4(C)CC3)C2OCCC(=O)NCCCNC(=O)CCCCOC2OC(COC(C)=O)C(OC(C)=O)C(C)C2NC(C)=O)OC(COC(C)=O)C(OC(C)=O)C1C. The Balaban J connectivity index is 0.764. The van der Waals surface area contributed by atoms with Crippen LogP contribution in [0.25, 0.3) is 0 Å². The molecule has 31 heteroatoms. The van der Waals surface area contributed by atoms with Crippen molar-refractivity contribution in [3.8, 4) is 0 Å². The lowest BCUT2D eigenvalue weighted by Gasteiger charge is -2.59. The first-order valence-electron chi connectivity index (χ1n) is 49.7. The van der Waals surface area contributed by atoms with Crippen molar-refractivity contribution in [2.24, 2.45) is 70.0 Å². The van der Waals surface area contributed by atoms with Crippen LogP contribution in [0.4, 0.5) is 4.79 Å². The van der Waals surface area contributed by atoms with Crippen molar-refractivity contribution < 1.29 is 114 Å². The quantitative estimate of drug-likeness (QED) is 0.0153. The molecule has 3 aliphatic heterocycles. The van der Waals surface area contributed by atoms with Crippen LogP contribution in [0.15, 0.2) is 42.0 Å². The van der Waals surface area contributed by atoms with Gasteiger partial charge in [0.15, 0.2) is 12.6 Å². The number of benzene rings is 1. The largest absolute Gasteiger partial charge is 0.463 e. The van der Waals surface area contributed by atoms with Crippen molar-refractivity contribution in [2.75, 3.05) is 105 Å². The van der Waals surface area contributed by atoms with E-state index in [9.17, 15) is 52.7 Å². The number of allylic oxidation sites excluding steroid dienone is 1. The van der Waals surface area contributed by atoms with E-state index in [2.05, 4.69) is 72.6 Å². The Morgan fingerprint density at radius 3 is 1.47 bits per heavy atom. The van der Waals surface area contributed by atoms with Crippen molar-refractivity contribution >= 4 is 65.4 Å². The zero-order chi connectivity index (χ0) is 94.8. The van der Waals surface area contributed by atoms with Gasteiger partial charge in [-0.15, -0.1) is 0 Å². The second kappa shape index (κ2) is 57.5. The number of unbranched alkanes of at least 4 members (excludes halogenated alkanes) is 9. The summed E-state index contributed by atoms with van der Waals surface area (Å²) in [6, 6.07) is 8.08. The highest BCUT2D eigenvalue weighted by Gasteiger charge is 2.60. The van der Waals surface area contributed by atoms with Crippen molar-refractivity contribution in [2.45, 2.75) is 344 Å². The number of amides is 7. The molecule has 0 spiro atoms. The lowest BCUT2D eigenvalue weighted by Crippen LogP contribution is -2.62. The highest BCUT2D eigenvalue weighted by Crippen LogP contribution is 2.68. The molecule has 131 heavy (non-hydrogen) atoms. The molecule has 6 N–H and O–H groups in total. The molecule has 13 unspecified atom stereocenters. The van der Waals surface area contributed by atoms with Crippen LogP contribution in [-0.2, 0) is 116 Å². The van der Waals surface area contributed by atoms with E-state index in [0.29, 0.717) is 82.1 Å². The third kappa shape index (κ3) is 36.6. The van der Waals surface area contributed by atoms with Crippen LogP contribution in [0.5, 0.6) is 0 Å². The normalized spacial score (nSPS) is 28.2. The topological polar surface area (TPSA) is 383 Å². The van der Waals surface area contributed by atoms with E-state index in [-0.39, 0.29) is 146 Å². The molecule has 7 aliphatic rings. The molecule has 8 rings (SSSR count). The summed E-state index contributed by atoms with van der Waals surface area (Å²) in [4.78, 5) is 140. The number of esters is 4. The number of piperidine rings is 1. The van der Waals surface area contributed by atoms with Gasteiger partial charge in [0.1, 0.15) is 44.2 Å². The monoisotopic (exact) mass is 1850 g/mol. The molecule has 31 nitrogen and oxygen atoms in total. The fraction of sp³-hybridized carbons (Fsp3) is 0.810. The van der Waals surface area contributed by atoms with Gasteiger partial charge < -0.3 is 98.4 Å². The van der Waals surface area contributed by atoms with E-state index in [0.717, 1.165) is 92.6 Å². The van der Waals surface area contributed by atoms with Crippen LogP contribution in [0.3, 0.4) is 0 Å². The lowest BCUT2D eigenvalue weighted by molar-refractivity contribution is -0.262. The minimum absolute atomic E-state index is 0.0298. The van der Waals surface area contributed by atoms with E-state index >= 15 is 0 Å². The standard InChI is InChI=1S/C100H163N7O24/c1-66(2)32-29-33-67(3)82-40-41-83-81-39-38-79-58-80(42-46-99(79,12)84(81)43-47-100(82,83)13)121-53-26-19-17-15-14-16-18-25-52-119-62-77-59-107(98(118)127-61-76-34-21-20-22-35-76)60-78(63-120-56-44-89(116)103-50-30-48-101-87(114)36-23-27-54-123-96-91(105-70(6)108)68(4)93(128-74(10)112)85(130-96)64-125-72(8)110)95(77)122-57-45-90(117)104-51-31-49-102-88(115)37-24-28-55-124-97-92(106-71(7)109)69(5)94(129-75(11)113)86(131-97)65-126-73(9)111/h20-22,34-35,58,66-69,77-78,80-86,91-97H,14-19,23-33,36-57,59-65H2,1-13H3,(H,101,114)(H,102,115)(H,103,116)(H,104,117)(H,105,108)(H,106,109)/t67-,68?,69?,77?,78?,80+,81+,82-,83+,84+,85?,86?,91?,92?,93?,94?,95?,96?,97?,99+,100-/m1/s1. The second-order valence-electron chi connectivity index (χ2n) is 39.1. The Morgan fingerprint density at radius 2 is 0.954 bits per heavy atom. The summed E-state index contributed by atoms with van der Waals surface area (Å²) < 4.78 is 77.8. The average molecular weight is 1850 g/mol. The molecule has 4 aliphatic carbocycles. The van der Waals surface area contributed by atoms with E-state index in [1.165, 1.54) is 119 Å². The first kappa shape index (κ1) is 109. The van der Waals surface area contributed by atoms with Gasteiger partial charge in [0.2, 0.25) is 35.4 Å². The number of hydrogen-bond acceptors (Lipinski definition) is 24. The maximum absolute atomic E-state index is 14.1. The molecule has 3 saturated carbocycles. The van der Waals surface area contributed by atoms with Crippen LogP contribution in [0.2, 0.25) is 0 Å². The van der Waals surface area contributed by atoms with Gasteiger partial charge in [0, 0.05) is 157 Å². The molecule has 1 aromatic carbocycles. The molecule has 0 aromatic heterocycles. The highest BCUT2D eigenvalue weighted by molar-refractivity contribution is 5.78. The van der Waals surface area contributed by atoms with E-state index < -0.39 is 103 Å². The zero-order valence-corrected chi connectivity index (χ0v) is 81.3. The van der Waals surface area contributed by atoms with Crippen LogP contribution >= 0.6 is 0 Å². The van der Waals surface area contributed by atoms with Crippen molar-refractivity contribution in [3.05, 3.63) is 47.5 Å². The van der Waals surface area contributed by atoms with Crippen molar-refractivity contribution in [3.63, 3.8) is 0 Å². The first-order chi connectivity index (χ1) is 62.8. The van der Waals surface area contributed by atoms with Crippen LogP contribution < -0.4 is 31.9 Å². The molecule has 3 heterocycles.